The van der Waals surface area contributed by atoms with Gasteiger partial charge in [0.15, 0.2) is 23.3 Å². The van der Waals surface area contributed by atoms with Crippen molar-refractivity contribution in [1.82, 2.24) is 14.5 Å². The van der Waals surface area contributed by atoms with Gasteiger partial charge in [-0.05, 0) is 26.2 Å². The number of nitrogen functional groups attached to an aromatic ring is 1. The molecule has 0 saturated carbocycles. The fraction of sp³-hybridized carbons (Fsp3) is 0.250. The number of hydrogen-bond donors (Lipinski definition) is 2. The van der Waals surface area contributed by atoms with E-state index in [1.807, 2.05) is 19.0 Å². The Morgan fingerprint density at radius 3 is 2.47 bits per heavy atom. The zero-order valence-corrected chi connectivity index (χ0v) is 17.6. The average Bonchev–Trinajstić information content (AvgIpc) is 2.64. The molecule has 0 unspecified atom stereocenters. The molecule has 2 aromatic heterocycles. The van der Waals surface area contributed by atoms with Gasteiger partial charge in [0.25, 0.3) is 0 Å². The van der Waals surface area contributed by atoms with Crippen molar-refractivity contribution < 1.29 is 23.1 Å². The van der Waals surface area contributed by atoms with E-state index in [1.165, 1.54) is 4.90 Å². The van der Waals surface area contributed by atoms with Crippen molar-refractivity contribution in [2.24, 2.45) is 0 Å². The van der Waals surface area contributed by atoms with Crippen LogP contribution in [0.25, 0.3) is 16.7 Å². The third-order valence-corrected chi connectivity index (χ3v) is 5.70. The molecule has 1 fully saturated rings. The molecular weight excluding hydrogens is 451 g/mol. The van der Waals surface area contributed by atoms with Gasteiger partial charge < -0.3 is 20.6 Å². The van der Waals surface area contributed by atoms with Gasteiger partial charge >= 0.3 is 5.97 Å². The van der Waals surface area contributed by atoms with E-state index < -0.39 is 51.4 Å². The van der Waals surface area contributed by atoms with Crippen LogP contribution in [0.15, 0.2) is 23.0 Å². The summed E-state index contributed by atoms with van der Waals surface area (Å²) in [5, 5.41) is 9.17. The Balaban J connectivity index is 2.18. The van der Waals surface area contributed by atoms with Crippen LogP contribution in [0.2, 0.25) is 5.02 Å². The number of rotatable bonds is 4. The predicted octanol–water partition coefficient (Wildman–Crippen LogP) is 2.49. The molecule has 0 bridgehead atoms. The van der Waals surface area contributed by atoms with Crippen molar-refractivity contribution in [1.29, 1.82) is 0 Å². The Morgan fingerprint density at radius 2 is 1.88 bits per heavy atom. The van der Waals surface area contributed by atoms with Crippen LogP contribution in [0.3, 0.4) is 0 Å². The second-order valence-corrected chi connectivity index (χ2v) is 8.04. The van der Waals surface area contributed by atoms with Crippen LogP contribution in [0.4, 0.5) is 24.8 Å². The lowest BCUT2D eigenvalue weighted by Gasteiger charge is -2.45. The lowest BCUT2D eigenvalue weighted by molar-refractivity contribution is 0.0695. The topological polar surface area (TPSA) is 105 Å². The lowest BCUT2D eigenvalue weighted by atomic mass is 10.0. The fourth-order valence-corrected chi connectivity index (χ4v) is 3.99. The highest BCUT2D eigenvalue weighted by Gasteiger charge is 2.36. The number of anilines is 2. The average molecular weight is 468 g/mol. The van der Waals surface area contributed by atoms with E-state index in [0.29, 0.717) is 19.2 Å². The summed E-state index contributed by atoms with van der Waals surface area (Å²) in [5.41, 5.74) is 3.64. The highest BCUT2D eigenvalue weighted by molar-refractivity contribution is 6.35. The van der Waals surface area contributed by atoms with E-state index in [4.69, 9.17) is 17.3 Å². The first-order valence-corrected chi connectivity index (χ1v) is 9.73. The number of nitrogens with zero attached hydrogens (tertiary/aromatic N) is 4. The van der Waals surface area contributed by atoms with Crippen LogP contribution < -0.4 is 16.1 Å². The molecule has 4 rings (SSSR count). The Kier molecular flexibility index (Phi) is 5.25. The Morgan fingerprint density at radius 1 is 1.22 bits per heavy atom. The van der Waals surface area contributed by atoms with Crippen molar-refractivity contribution in [3.05, 3.63) is 56.5 Å². The molecule has 168 valence electrons. The fourth-order valence-electron chi connectivity index (χ4n) is 3.70. The zero-order chi connectivity index (χ0) is 23.5. The van der Waals surface area contributed by atoms with E-state index in [9.17, 15) is 27.9 Å². The Hall–Kier alpha value is -3.31. The Labute approximate surface area is 184 Å². The van der Waals surface area contributed by atoms with Gasteiger partial charge in [0.05, 0.1) is 15.9 Å². The molecule has 12 heteroatoms. The molecule has 3 aromatic rings. The van der Waals surface area contributed by atoms with Crippen LogP contribution in [0.1, 0.15) is 10.4 Å². The van der Waals surface area contributed by atoms with Gasteiger partial charge in [0.2, 0.25) is 5.43 Å². The van der Waals surface area contributed by atoms with Crippen molar-refractivity contribution >= 4 is 40.1 Å². The minimum atomic E-state index is -1.61. The van der Waals surface area contributed by atoms with Gasteiger partial charge in [-0.2, -0.15) is 0 Å². The van der Waals surface area contributed by atoms with Crippen LogP contribution in [0, 0.1) is 17.5 Å². The summed E-state index contributed by atoms with van der Waals surface area (Å²) in [6.07, 6.45) is 0. The monoisotopic (exact) mass is 467 g/mol. The maximum absolute atomic E-state index is 14.9. The largest absolute Gasteiger partial charge is 0.477 e. The van der Waals surface area contributed by atoms with Gasteiger partial charge in [-0.1, -0.05) is 11.6 Å². The molecule has 3 heterocycles. The Bertz CT molecular complexity index is 1340. The van der Waals surface area contributed by atoms with Gasteiger partial charge in [-0.25, -0.2) is 22.9 Å². The number of pyridine rings is 2. The van der Waals surface area contributed by atoms with E-state index in [-0.39, 0.29) is 22.4 Å². The first-order chi connectivity index (χ1) is 15.0. The second-order valence-electron chi connectivity index (χ2n) is 7.64. The van der Waals surface area contributed by atoms with E-state index in [0.717, 1.165) is 16.7 Å². The van der Waals surface area contributed by atoms with Crippen molar-refractivity contribution in [3.8, 4) is 5.82 Å². The number of halogens is 4. The van der Waals surface area contributed by atoms with Gasteiger partial charge in [-0.15, -0.1) is 0 Å². The van der Waals surface area contributed by atoms with Crippen LogP contribution in [-0.2, 0) is 0 Å². The number of benzene rings is 1. The summed E-state index contributed by atoms with van der Waals surface area (Å²) in [6.45, 7) is 0.602. The van der Waals surface area contributed by atoms with Crippen molar-refractivity contribution in [2.75, 3.05) is 37.8 Å². The smallest absolute Gasteiger partial charge is 0.343 e. The van der Waals surface area contributed by atoms with Crippen molar-refractivity contribution in [3.63, 3.8) is 0 Å². The van der Waals surface area contributed by atoms with Crippen LogP contribution >= 0.6 is 11.6 Å². The first-order valence-electron chi connectivity index (χ1n) is 9.35. The molecule has 0 spiro atoms. The van der Waals surface area contributed by atoms with Gasteiger partial charge in [0.1, 0.15) is 17.2 Å². The number of carboxylic acid groups (broad SMARTS) is 1. The number of aromatic nitrogens is 2. The van der Waals surface area contributed by atoms with Crippen LogP contribution in [-0.4, -0.2) is 58.8 Å². The summed E-state index contributed by atoms with van der Waals surface area (Å²) in [4.78, 5) is 32.4. The van der Waals surface area contributed by atoms with E-state index >= 15 is 0 Å². The minimum absolute atomic E-state index is 0.0238. The normalized spacial score (nSPS) is 14.3. The number of likely N-dealkylation sites (N-methyl/N-ethyl adjacent to an activating group) is 1. The quantitative estimate of drug-likeness (QED) is 0.607. The highest BCUT2D eigenvalue weighted by Crippen LogP contribution is 2.36. The number of carbonyl (C=O) groups is 1. The molecule has 32 heavy (non-hydrogen) atoms. The molecule has 3 N–H and O–H groups in total. The zero-order valence-electron chi connectivity index (χ0n) is 16.9. The predicted molar refractivity (Wildman–Crippen MR) is 113 cm³/mol. The van der Waals surface area contributed by atoms with Crippen molar-refractivity contribution in [2.45, 2.75) is 6.04 Å². The third-order valence-electron chi connectivity index (χ3n) is 5.41. The molecule has 0 radical (unpaired) electrons. The standard InChI is InChI=1S/C20H17ClF3N5O3/c1-27(2)9-6-28(7-9)19-14(20(31)32)16(30)10-3-8(22)4-11(21)15(10)29(19)18-13(24)5-12(23)17(25)26-18/h3-5,9H,6-7H2,1-2H3,(H2,25,26)(H,31,32). The molecule has 1 aromatic carbocycles. The summed E-state index contributed by atoms with van der Waals surface area (Å²) in [6, 6.07) is 2.21. The number of carboxylic acids is 1. The number of fused-ring (bicyclic) bond motifs is 1. The molecule has 1 saturated heterocycles. The van der Waals surface area contributed by atoms with E-state index in [1.54, 1.807) is 0 Å². The maximum atomic E-state index is 14.9. The molecular formula is C20H17ClF3N5O3. The second kappa shape index (κ2) is 7.68. The van der Waals surface area contributed by atoms with Gasteiger partial charge in [0, 0.05) is 25.2 Å². The van der Waals surface area contributed by atoms with E-state index in [2.05, 4.69) is 4.98 Å². The maximum Gasteiger partial charge on any atom is 0.343 e. The molecule has 0 aliphatic carbocycles. The first kappa shape index (κ1) is 21.9. The van der Waals surface area contributed by atoms with Gasteiger partial charge in [-0.3, -0.25) is 9.36 Å². The lowest BCUT2D eigenvalue weighted by Crippen LogP contribution is -2.58. The third kappa shape index (κ3) is 3.33. The molecule has 8 nitrogen and oxygen atoms in total. The summed E-state index contributed by atoms with van der Waals surface area (Å²) in [7, 11) is 3.66. The number of aromatic carboxylic acids is 1. The molecule has 1 aliphatic heterocycles. The molecule has 1 aliphatic rings. The molecule has 0 amide bonds. The summed E-state index contributed by atoms with van der Waals surface area (Å²) in [5.74, 6) is -6.23. The summed E-state index contributed by atoms with van der Waals surface area (Å²) < 4.78 is 43.8. The number of hydrogen-bond acceptors (Lipinski definition) is 6. The molecule has 0 atom stereocenters. The van der Waals surface area contributed by atoms with Crippen LogP contribution in [0.5, 0.6) is 0 Å². The number of nitrogens with two attached hydrogens (primary N) is 1. The minimum Gasteiger partial charge on any atom is -0.477 e. The highest BCUT2D eigenvalue weighted by atomic mass is 35.5. The summed E-state index contributed by atoms with van der Waals surface area (Å²) >= 11 is 6.23. The SMILES string of the molecule is CN(C)C1CN(c2c(C(=O)O)c(=O)c3cc(F)cc(Cl)c3n2-c2nc(N)c(F)cc2F)C1.